The van der Waals surface area contributed by atoms with Gasteiger partial charge in [-0.1, -0.05) is 23.8 Å². The van der Waals surface area contributed by atoms with Crippen LogP contribution in [0.3, 0.4) is 0 Å². The molecule has 6 nitrogen and oxygen atoms in total. The van der Waals surface area contributed by atoms with Crippen LogP contribution >= 0.6 is 0 Å². The molecule has 6 heteroatoms. The van der Waals surface area contributed by atoms with Crippen molar-refractivity contribution in [3.63, 3.8) is 0 Å². The maximum absolute atomic E-state index is 11.2. The molecule has 0 spiro atoms. The first-order chi connectivity index (χ1) is 16.8. The lowest BCUT2D eigenvalue weighted by Gasteiger charge is -2.33. The number of carboxylic acid groups (broad SMARTS) is 1. The van der Waals surface area contributed by atoms with E-state index in [1.807, 2.05) is 12.1 Å². The van der Waals surface area contributed by atoms with Crippen LogP contribution in [0.15, 0.2) is 83.8 Å². The third-order valence-electron chi connectivity index (χ3n) is 6.43. The molecular weight excluding hydrogens is 442 g/mol. The quantitative estimate of drug-likeness (QED) is 0.449. The molecule has 0 fully saturated rings. The van der Waals surface area contributed by atoms with E-state index in [2.05, 4.69) is 49.1 Å². The summed E-state index contributed by atoms with van der Waals surface area (Å²) in [6, 6.07) is 15.2. The number of fused-ring (bicyclic) bond motifs is 1. The molecule has 4 rings (SSSR count). The Bertz CT molecular complexity index is 1160. The Balaban J connectivity index is 1.35. The lowest BCUT2D eigenvalue weighted by molar-refractivity contribution is -0.152. The first-order valence-corrected chi connectivity index (χ1v) is 12.1. The number of nitrogens with zero attached hydrogens (tertiary/aromatic N) is 1. The number of aliphatic carboxylic acids is 1. The van der Waals surface area contributed by atoms with E-state index >= 15 is 0 Å². The molecule has 2 aromatic rings. The number of para-hydroxylation sites is 2. The van der Waals surface area contributed by atoms with Crippen LogP contribution in [0.2, 0.25) is 0 Å². The van der Waals surface area contributed by atoms with Gasteiger partial charge in [-0.2, -0.15) is 0 Å². The van der Waals surface area contributed by atoms with Crippen LogP contribution in [-0.2, 0) is 4.79 Å². The van der Waals surface area contributed by atoms with E-state index in [1.165, 1.54) is 25.1 Å². The van der Waals surface area contributed by atoms with Gasteiger partial charge in [-0.15, -0.1) is 0 Å². The van der Waals surface area contributed by atoms with Crippen molar-refractivity contribution in [3.8, 4) is 17.2 Å². The van der Waals surface area contributed by atoms with Gasteiger partial charge in [0.2, 0.25) is 0 Å². The highest BCUT2D eigenvalue weighted by Crippen LogP contribution is 2.41. The molecule has 184 valence electrons. The van der Waals surface area contributed by atoms with Crippen LogP contribution < -0.4 is 19.1 Å². The number of ether oxygens (including phenoxy) is 3. The maximum atomic E-state index is 11.2. The molecule has 0 saturated carbocycles. The zero-order chi connectivity index (χ0) is 25.0. The summed E-state index contributed by atoms with van der Waals surface area (Å²) in [5.74, 6) is 2.32. The SMILES string of the molecule is CCN1C2=C(C=CC(/C(C)=C/COc3ccc(OC(C)(C)C(=O)O)cc3)CC2)Oc2ccccc21. The van der Waals surface area contributed by atoms with Gasteiger partial charge in [-0.25, -0.2) is 4.79 Å². The maximum Gasteiger partial charge on any atom is 0.347 e. The normalized spacial score (nSPS) is 17.8. The van der Waals surface area contributed by atoms with Crippen molar-refractivity contribution < 1.29 is 24.1 Å². The van der Waals surface area contributed by atoms with Gasteiger partial charge in [-0.05, 0) is 95.0 Å². The lowest BCUT2D eigenvalue weighted by Crippen LogP contribution is -2.37. The van der Waals surface area contributed by atoms with Crippen molar-refractivity contribution in [2.75, 3.05) is 18.1 Å². The highest BCUT2D eigenvalue weighted by atomic mass is 16.5. The molecule has 0 radical (unpaired) electrons. The zero-order valence-electron chi connectivity index (χ0n) is 20.8. The van der Waals surface area contributed by atoms with Gasteiger partial charge in [0.15, 0.2) is 11.4 Å². The van der Waals surface area contributed by atoms with Crippen LogP contribution in [0.5, 0.6) is 17.2 Å². The fourth-order valence-electron chi connectivity index (χ4n) is 4.31. The summed E-state index contributed by atoms with van der Waals surface area (Å²) in [7, 11) is 0. The number of anilines is 1. The van der Waals surface area contributed by atoms with Crippen LogP contribution in [-0.4, -0.2) is 29.8 Å². The summed E-state index contributed by atoms with van der Waals surface area (Å²) in [6.07, 6.45) is 8.40. The van der Waals surface area contributed by atoms with Crippen LogP contribution in [0.4, 0.5) is 5.69 Å². The number of rotatable bonds is 8. The Morgan fingerprint density at radius 1 is 1.17 bits per heavy atom. The largest absolute Gasteiger partial charge is 0.490 e. The van der Waals surface area contributed by atoms with Crippen molar-refractivity contribution in [2.24, 2.45) is 5.92 Å². The Morgan fingerprint density at radius 2 is 1.89 bits per heavy atom. The summed E-state index contributed by atoms with van der Waals surface area (Å²) in [5.41, 5.74) is 2.33. The molecule has 1 aliphatic heterocycles. The first kappa shape index (κ1) is 24.5. The standard InChI is InChI=1S/C29H33NO5/c1-5-30-24-8-6-7-9-26(24)34-27-17-11-21(10-16-25(27)30)20(2)18-19-33-22-12-14-23(15-13-22)35-29(3,4)28(31)32/h6-9,11-15,17-18,21H,5,10,16,19H2,1-4H3,(H,31,32)/b20-18+. The topological polar surface area (TPSA) is 68.2 Å². The van der Waals surface area contributed by atoms with E-state index in [4.69, 9.17) is 14.2 Å². The minimum atomic E-state index is -1.29. The van der Waals surface area contributed by atoms with Gasteiger partial charge in [0, 0.05) is 6.54 Å². The van der Waals surface area contributed by atoms with Gasteiger partial charge in [-0.3, -0.25) is 0 Å². The van der Waals surface area contributed by atoms with E-state index in [0.717, 1.165) is 36.6 Å². The number of allylic oxidation sites excluding steroid dienone is 4. The third-order valence-corrected chi connectivity index (χ3v) is 6.43. The summed E-state index contributed by atoms with van der Waals surface area (Å²) in [5, 5.41) is 9.20. The monoisotopic (exact) mass is 475 g/mol. The second kappa shape index (κ2) is 10.3. The van der Waals surface area contributed by atoms with Gasteiger partial charge in [0.1, 0.15) is 23.9 Å². The Labute approximate surface area is 207 Å². The highest BCUT2D eigenvalue weighted by Gasteiger charge is 2.29. The first-order valence-electron chi connectivity index (χ1n) is 12.1. The molecule has 0 saturated heterocycles. The van der Waals surface area contributed by atoms with Crippen molar-refractivity contribution in [1.82, 2.24) is 0 Å². The van der Waals surface area contributed by atoms with Gasteiger partial charge < -0.3 is 24.2 Å². The molecule has 1 atom stereocenters. The summed E-state index contributed by atoms with van der Waals surface area (Å²) in [6.45, 7) is 8.71. The van der Waals surface area contributed by atoms with Crippen molar-refractivity contribution in [3.05, 3.63) is 83.8 Å². The summed E-state index contributed by atoms with van der Waals surface area (Å²) >= 11 is 0. The molecule has 1 unspecified atom stereocenters. The third kappa shape index (κ3) is 5.53. The van der Waals surface area contributed by atoms with E-state index in [0.29, 0.717) is 24.0 Å². The summed E-state index contributed by atoms with van der Waals surface area (Å²) < 4.78 is 17.7. The predicted octanol–water partition coefficient (Wildman–Crippen LogP) is 6.35. The highest BCUT2D eigenvalue weighted by molar-refractivity contribution is 5.76. The molecule has 1 N–H and O–H groups in total. The number of hydrogen-bond acceptors (Lipinski definition) is 5. The Kier molecular flexibility index (Phi) is 7.20. The minimum Gasteiger partial charge on any atom is -0.490 e. The van der Waals surface area contributed by atoms with Crippen LogP contribution in [0.1, 0.15) is 40.5 Å². The van der Waals surface area contributed by atoms with Crippen LogP contribution in [0, 0.1) is 5.92 Å². The average molecular weight is 476 g/mol. The predicted molar refractivity (Wildman–Crippen MR) is 137 cm³/mol. The smallest absolute Gasteiger partial charge is 0.347 e. The molecular formula is C29H33NO5. The molecule has 1 aliphatic carbocycles. The minimum absolute atomic E-state index is 0.309. The zero-order valence-corrected chi connectivity index (χ0v) is 20.8. The van der Waals surface area contributed by atoms with Crippen molar-refractivity contribution >= 4 is 11.7 Å². The molecule has 0 bridgehead atoms. The van der Waals surface area contributed by atoms with E-state index in [9.17, 15) is 9.90 Å². The molecule has 0 aromatic heterocycles. The second-order valence-corrected chi connectivity index (χ2v) is 9.28. The molecule has 0 amide bonds. The van der Waals surface area contributed by atoms with Crippen LogP contribution in [0.25, 0.3) is 0 Å². The molecule has 2 aromatic carbocycles. The Hall–Kier alpha value is -3.67. The van der Waals surface area contributed by atoms with E-state index in [1.54, 1.807) is 24.3 Å². The fourth-order valence-corrected chi connectivity index (χ4v) is 4.31. The van der Waals surface area contributed by atoms with Gasteiger partial charge >= 0.3 is 5.97 Å². The van der Waals surface area contributed by atoms with Gasteiger partial charge in [0.25, 0.3) is 0 Å². The Morgan fingerprint density at radius 3 is 2.60 bits per heavy atom. The number of carbonyl (C=O) groups is 1. The number of benzene rings is 2. The van der Waals surface area contributed by atoms with Gasteiger partial charge in [0.05, 0.1) is 11.4 Å². The lowest BCUT2D eigenvalue weighted by atomic mass is 9.95. The second-order valence-electron chi connectivity index (χ2n) is 9.28. The van der Waals surface area contributed by atoms with Crippen molar-refractivity contribution in [1.29, 1.82) is 0 Å². The fraction of sp³-hybridized carbons (Fsp3) is 0.345. The molecule has 1 heterocycles. The number of carboxylic acids is 1. The summed E-state index contributed by atoms with van der Waals surface area (Å²) in [4.78, 5) is 13.6. The molecule has 35 heavy (non-hydrogen) atoms. The average Bonchev–Trinajstić information content (AvgIpc) is 3.06. The number of hydrogen-bond donors (Lipinski definition) is 1. The van der Waals surface area contributed by atoms with Crippen molar-refractivity contribution in [2.45, 2.75) is 46.1 Å². The molecule has 2 aliphatic rings. The van der Waals surface area contributed by atoms with E-state index < -0.39 is 11.6 Å². The van der Waals surface area contributed by atoms with E-state index in [-0.39, 0.29) is 0 Å².